The third-order valence-corrected chi connectivity index (χ3v) is 5.86. The van der Waals surface area contributed by atoms with Crippen molar-refractivity contribution in [1.29, 1.82) is 0 Å². The minimum absolute atomic E-state index is 0.0102. The number of nitrogens with two attached hydrogens (primary N) is 1. The van der Waals surface area contributed by atoms with Crippen molar-refractivity contribution in [2.45, 2.75) is 19.9 Å². The van der Waals surface area contributed by atoms with E-state index in [1.807, 2.05) is 0 Å². The van der Waals surface area contributed by atoms with Gasteiger partial charge in [-0.1, -0.05) is 13.8 Å². The van der Waals surface area contributed by atoms with E-state index in [4.69, 9.17) is 5.73 Å². The summed E-state index contributed by atoms with van der Waals surface area (Å²) in [5.74, 6) is 1.36. The number of nitrogen functional groups attached to an aromatic ring is 1. The largest absolute Gasteiger partial charge is 0.368 e. The number of rotatable bonds is 5. The molecule has 3 N–H and O–H groups in total. The van der Waals surface area contributed by atoms with Crippen LogP contribution in [0.5, 0.6) is 0 Å². The highest BCUT2D eigenvalue weighted by Crippen LogP contribution is 2.29. The Morgan fingerprint density at radius 2 is 2.09 bits per heavy atom. The molecule has 0 saturated carbocycles. The van der Waals surface area contributed by atoms with Crippen LogP contribution in [0.4, 0.5) is 11.8 Å². The standard InChI is InChI=1S/C13H24N6O2S/c1-9(2)10-7-19(22(20,21)18(3)4)8-11(10)16-12-5-6-15-13(14)17-12/h5-6,9-11H,7-8H2,1-4H3,(H3,14,15,16,17)/t10-,11+/m0/s1. The molecule has 22 heavy (non-hydrogen) atoms. The molecule has 9 heteroatoms. The van der Waals surface area contributed by atoms with Crippen LogP contribution in [0.2, 0.25) is 0 Å². The zero-order valence-electron chi connectivity index (χ0n) is 13.4. The van der Waals surface area contributed by atoms with Gasteiger partial charge in [0.15, 0.2) is 0 Å². The summed E-state index contributed by atoms with van der Waals surface area (Å²) in [6, 6.07) is 1.72. The van der Waals surface area contributed by atoms with Crippen molar-refractivity contribution >= 4 is 22.0 Å². The van der Waals surface area contributed by atoms with Crippen LogP contribution in [0.3, 0.4) is 0 Å². The summed E-state index contributed by atoms with van der Waals surface area (Å²) in [6.45, 7) is 5.10. The molecule has 8 nitrogen and oxygen atoms in total. The summed E-state index contributed by atoms with van der Waals surface area (Å²) in [5, 5.41) is 3.30. The number of hydrogen-bond donors (Lipinski definition) is 2. The van der Waals surface area contributed by atoms with Crippen LogP contribution in [-0.4, -0.2) is 60.2 Å². The van der Waals surface area contributed by atoms with E-state index < -0.39 is 10.2 Å². The zero-order chi connectivity index (χ0) is 16.5. The molecular formula is C13H24N6O2S. The highest BCUT2D eigenvalue weighted by molar-refractivity contribution is 7.86. The number of nitrogens with zero attached hydrogens (tertiary/aromatic N) is 4. The highest BCUT2D eigenvalue weighted by atomic mass is 32.2. The van der Waals surface area contributed by atoms with E-state index in [9.17, 15) is 8.42 Å². The van der Waals surface area contributed by atoms with Crippen LogP contribution in [0.15, 0.2) is 12.3 Å². The lowest BCUT2D eigenvalue weighted by Gasteiger charge is -2.23. The lowest BCUT2D eigenvalue weighted by Crippen LogP contribution is -2.39. The first-order valence-electron chi connectivity index (χ1n) is 7.24. The van der Waals surface area contributed by atoms with Gasteiger partial charge in [-0.25, -0.2) is 4.98 Å². The summed E-state index contributed by atoms with van der Waals surface area (Å²) >= 11 is 0. The SMILES string of the molecule is CC(C)[C@@H]1CN(S(=O)(=O)N(C)C)C[C@H]1Nc1ccnc(N)n1. The summed E-state index contributed by atoms with van der Waals surface area (Å²) < 4.78 is 27.4. The molecule has 0 aliphatic carbocycles. The maximum absolute atomic E-state index is 12.3. The third kappa shape index (κ3) is 3.47. The second kappa shape index (κ2) is 6.35. The summed E-state index contributed by atoms with van der Waals surface area (Å²) in [7, 11) is -0.313. The second-order valence-electron chi connectivity index (χ2n) is 6.07. The van der Waals surface area contributed by atoms with Gasteiger partial charge in [0.2, 0.25) is 5.95 Å². The second-order valence-corrected chi connectivity index (χ2v) is 8.21. The van der Waals surface area contributed by atoms with Crippen molar-refractivity contribution < 1.29 is 8.42 Å². The van der Waals surface area contributed by atoms with Gasteiger partial charge in [-0.3, -0.25) is 0 Å². The monoisotopic (exact) mass is 328 g/mol. The van der Waals surface area contributed by atoms with Crippen LogP contribution in [0, 0.1) is 11.8 Å². The van der Waals surface area contributed by atoms with Gasteiger partial charge in [0.25, 0.3) is 10.2 Å². The Balaban J connectivity index is 2.19. The van der Waals surface area contributed by atoms with Gasteiger partial charge < -0.3 is 11.1 Å². The van der Waals surface area contributed by atoms with Crippen molar-refractivity contribution in [2.75, 3.05) is 38.2 Å². The fraction of sp³-hybridized carbons (Fsp3) is 0.692. The number of aromatic nitrogens is 2. The Bertz CT molecular complexity index is 619. The molecule has 1 aliphatic rings. The van der Waals surface area contributed by atoms with E-state index in [0.29, 0.717) is 24.8 Å². The first-order valence-corrected chi connectivity index (χ1v) is 8.64. The maximum atomic E-state index is 12.3. The molecule has 2 atom stereocenters. The van der Waals surface area contributed by atoms with Crippen molar-refractivity contribution in [2.24, 2.45) is 11.8 Å². The fourth-order valence-electron chi connectivity index (χ4n) is 2.68. The fourth-order valence-corrected chi connectivity index (χ4v) is 3.85. The molecular weight excluding hydrogens is 304 g/mol. The summed E-state index contributed by atoms with van der Waals surface area (Å²) in [4.78, 5) is 7.99. The molecule has 1 aromatic rings. The predicted molar refractivity (Wildman–Crippen MR) is 86.4 cm³/mol. The Morgan fingerprint density at radius 1 is 1.41 bits per heavy atom. The average Bonchev–Trinajstić information content (AvgIpc) is 2.83. The molecule has 0 spiro atoms. The minimum atomic E-state index is -3.41. The van der Waals surface area contributed by atoms with Gasteiger partial charge in [0.05, 0.1) is 0 Å². The number of anilines is 2. The lowest BCUT2D eigenvalue weighted by molar-refractivity contribution is 0.366. The summed E-state index contributed by atoms with van der Waals surface area (Å²) in [5.41, 5.74) is 5.59. The number of hydrogen-bond acceptors (Lipinski definition) is 6. The van der Waals surface area contributed by atoms with Crippen molar-refractivity contribution in [1.82, 2.24) is 18.6 Å². The van der Waals surface area contributed by atoms with E-state index in [1.54, 1.807) is 26.4 Å². The summed E-state index contributed by atoms with van der Waals surface area (Å²) in [6.07, 6.45) is 1.58. The van der Waals surface area contributed by atoms with Gasteiger partial charge in [0, 0.05) is 39.4 Å². The Labute approximate surface area is 131 Å². The van der Waals surface area contributed by atoms with Gasteiger partial charge in [-0.2, -0.15) is 22.0 Å². The highest BCUT2D eigenvalue weighted by Gasteiger charge is 2.40. The van der Waals surface area contributed by atoms with Crippen LogP contribution in [0.25, 0.3) is 0 Å². The molecule has 1 aromatic heterocycles. The van der Waals surface area contributed by atoms with Gasteiger partial charge in [0.1, 0.15) is 5.82 Å². The molecule has 1 saturated heterocycles. The minimum Gasteiger partial charge on any atom is -0.368 e. The van der Waals surface area contributed by atoms with Gasteiger partial charge >= 0.3 is 0 Å². The quantitative estimate of drug-likeness (QED) is 0.802. The predicted octanol–water partition coefficient (Wildman–Crippen LogP) is 0.234. The lowest BCUT2D eigenvalue weighted by atomic mass is 9.91. The molecule has 0 amide bonds. The van der Waals surface area contributed by atoms with E-state index in [1.165, 1.54) is 8.61 Å². The van der Waals surface area contributed by atoms with E-state index in [0.717, 1.165) is 0 Å². The molecule has 0 unspecified atom stereocenters. The first kappa shape index (κ1) is 16.9. The van der Waals surface area contributed by atoms with E-state index in [2.05, 4.69) is 29.1 Å². The van der Waals surface area contributed by atoms with E-state index in [-0.39, 0.29) is 17.9 Å². The van der Waals surface area contributed by atoms with Crippen molar-refractivity contribution in [3.8, 4) is 0 Å². The third-order valence-electron chi connectivity index (χ3n) is 3.98. The molecule has 1 fully saturated rings. The maximum Gasteiger partial charge on any atom is 0.281 e. The van der Waals surface area contributed by atoms with Crippen LogP contribution >= 0.6 is 0 Å². The molecule has 0 radical (unpaired) electrons. The van der Waals surface area contributed by atoms with Gasteiger partial charge in [-0.05, 0) is 17.9 Å². The molecule has 2 heterocycles. The Morgan fingerprint density at radius 3 is 2.64 bits per heavy atom. The molecule has 0 bridgehead atoms. The average molecular weight is 328 g/mol. The van der Waals surface area contributed by atoms with Crippen molar-refractivity contribution in [3.05, 3.63) is 12.3 Å². The smallest absolute Gasteiger partial charge is 0.281 e. The first-order chi connectivity index (χ1) is 10.2. The van der Waals surface area contributed by atoms with Crippen LogP contribution in [0.1, 0.15) is 13.8 Å². The van der Waals surface area contributed by atoms with Gasteiger partial charge in [-0.15, -0.1) is 0 Å². The number of nitrogens with one attached hydrogen (secondary N) is 1. The van der Waals surface area contributed by atoms with Crippen LogP contribution in [-0.2, 0) is 10.2 Å². The Kier molecular flexibility index (Phi) is 4.88. The topological polar surface area (TPSA) is 104 Å². The molecule has 124 valence electrons. The zero-order valence-corrected chi connectivity index (χ0v) is 14.2. The Hall–Kier alpha value is -1.45. The van der Waals surface area contributed by atoms with E-state index >= 15 is 0 Å². The molecule has 0 aromatic carbocycles. The van der Waals surface area contributed by atoms with Crippen LogP contribution < -0.4 is 11.1 Å². The molecule has 2 rings (SSSR count). The normalized spacial score (nSPS) is 23.4. The molecule has 1 aliphatic heterocycles. The van der Waals surface area contributed by atoms with Crippen molar-refractivity contribution in [3.63, 3.8) is 0 Å².